The monoisotopic (exact) mass is 224 g/mol. The van der Waals surface area contributed by atoms with Crippen molar-refractivity contribution in [3.63, 3.8) is 0 Å². The quantitative estimate of drug-likeness (QED) is 0.389. The Hall–Kier alpha value is -1.45. The number of ketones is 2. The Balaban J connectivity index is 2.36. The highest BCUT2D eigenvalue weighted by Gasteiger charge is 2.23. The molecule has 88 valence electrons. The van der Waals surface area contributed by atoms with Crippen molar-refractivity contribution in [1.29, 1.82) is 0 Å². The van der Waals surface area contributed by atoms with E-state index in [0.29, 0.717) is 19.4 Å². The third-order valence-electron chi connectivity index (χ3n) is 2.39. The van der Waals surface area contributed by atoms with Gasteiger partial charge in [-0.3, -0.25) is 14.4 Å². The van der Waals surface area contributed by atoms with E-state index in [1.165, 1.54) is 12.2 Å². The zero-order valence-electron chi connectivity index (χ0n) is 9.40. The molecule has 1 fully saturated rings. The average Bonchev–Trinajstić information content (AvgIpc) is 2.61. The number of cyclic esters (lactones) is 1. The normalized spacial score (nSPS) is 20.1. The van der Waals surface area contributed by atoms with E-state index >= 15 is 0 Å². The predicted molar refractivity (Wildman–Crippen MR) is 57.7 cm³/mol. The Morgan fingerprint density at radius 1 is 1.50 bits per heavy atom. The van der Waals surface area contributed by atoms with Crippen LogP contribution in [0.5, 0.6) is 0 Å². The Bertz CT molecular complexity index is 317. The van der Waals surface area contributed by atoms with Crippen molar-refractivity contribution >= 4 is 17.5 Å². The fourth-order valence-corrected chi connectivity index (χ4v) is 1.53. The van der Waals surface area contributed by atoms with E-state index in [1.54, 1.807) is 0 Å². The molecule has 0 amide bonds. The number of carbonyl (C=O) groups excluding carboxylic acids is 3. The SMILES string of the molecule is CCCC(=O)CC(=O)/C=C/C1CCOC1=O. The zero-order chi connectivity index (χ0) is 12.0. The van der Waals surface area contributed by atoms with Crippen LogP contribution in [0.3, 0.4) is 0 Å². The van der Waals surface area contributed by atoms with Gasteiger partial charge in [0.25, 0.3) is 0 Å². The van der Waals surface area contributed by atoms with Gasteiger partial charge in [0.2, 0.25) is 0 Å². The van der Waals surface area contributed by atoms with E-state index in [4.69, 9.17) is 4.74 Å². The molecule has 0 aliphatic carbocycles. The molecule has 4 heteroatoms. The maximum absolute atomic E-state index is 11.3. The molecular weight excluding hydrogens is 208 g/mol. The molecule has 0 radical (unpaired) electrons. The molecule has 1 rings (SSSR count). The fraction of sp³-hybridized carbons (Fsp3) is 0.583. The Morgan fingerprint density at radius 3 is 2.81 bits per heavy atom. The second kappa shape index (κ2) is 6.20. The van der Waals surface area contributed by atoms with Crippen molar-refractivity contribution in [2.45, 2.75) is 32.6 Å². The zero-order valence-corrected chi connectivity index (χ0v) is 9.40. The van der Waals surface area contributed by atoms with Crippen LogP contribution < -0.4 is 0 Å². The standard InChI is InChI=1S/C12H16O4/c1-2-3-10(13)8-11(14)5-4-9-6-7-16-12(9)15/h4-5,9H,2-3,6-8H2,1H3/b5-4+. The van der Waals surface area contributed by atoms with Crippen molar-refractivity contribution in [3.8, 4) is 0 Å². The lowest BCUT2D eigenvalue weighted by atomic mass is 10.1. The summed E-state index contributed by atoms with van der Waals surface area (Å²) in [7, 11) is 0. The largest absolute Gasteiger partial charge is 0.465 e. The summed E-state index contributed by atoms with van der Waals surface area (Å²) < 4.78 is 4.75. The van der Waals surface area contributed by atoms with Gasteiger partial charge in [0.1, 0.15) is 5.78 Å². The van der Waals surface area contributed by atoms with Gasteiger partial charge in [-0.05, 0) is 18.9 Å². The third kappa shape index (κ3) is 3.96. The first-order chi connectivity index (χ1) is 7.63. The van der Waals surface area contributed by atoms with Crippen molar-refractivity contribution in [2.24, 2.45) is 5.92 Å². The predicted octanol–water partition coefficient (Wildman–Crippen LogP) is 1.43. The number of esters is 1. The van der Waals surface area contributed by atoms with Crippen molar-refractivity contribution in [1.82, 2.24) is 0 Å². The molecule has 0 aromatic rings. The van der Waals surface area contributed by atoms with Crippen LogP contribution in [-0.2, 0) is 19.1 Å². The van der Waals surface area contributed by atoms with Gasteiger partial charge in [0.15, 0.2) is 5.78 Å². The summed E-state index contributed by atoms with van der Waals surface area (Å²) in [6.07, 6.45) is 4.61. The first kappa shape index (κ1) is 12.6. The highest BCUT2D eigenvalue weighted by Crippen LogP contribution is 2.15. The Morgan fingerprint density at radius 2 is 2.25 bits per heavy atom. The van der Waals surface area contributed by atoms with E-state index in [-0.39, 0.29) is 29.9 Å². The number of hydrogen-bond acceptors (Lipinski definition) is 4. The van der Waals surface area contributed by atoms with Gasteiger partial charge in [-0.25, -0.2) is 0 Å². The molecule has 0 spiro atoms. The van der Waals surface area contributed by atoms with Crippen LogP contribution in [-0.4, -0.2) is 24.1 Å². The number of ether oxygens (including phenoxy) is 1. The lowest BCUT2D eigenvalue weighted by molar-refractivity contribution is -0.140. The smallest absolute Gasteiger partial charge is 0.312 e. The molecule has 1 atom stereocenters. The number of rotatable bonds is 6. The average molecular weight is 224 g/mol. The lowest BCUT2D eigenvalue weighted by Crippen LogP contribution is -2.07. The second-order valence-electron chi connectivity index (χ2n) is 3.85. The molecule has 0 aromatic carbocycles. The van der Waals surface area contributed by atoms with Crippen molar-refractivity contribution in [2.75, 3.05) is 6.61 Å². The summed E-state index contributed by atoms with van der Waals surface area (Å²) in [5.74, 6) is -0.890. The first-order valence-electron chi connectivity index (χ1n) is 5.53. The maximum Gasteiger partial charge on any atom is 0.312 e. The van der Waals surface area contributed by atoms with Gasteiger partial charge in [-0.15, -0.1) is 0 Å². The third-order valence-corrected chi connectivity index (χ3v) is 2.39. The molecule has 16 heavy (non-hydrogen) atoms. The molecule has 4 nitrogen and oxygen atoms in total. The van der Waals surface area contributed by atoms with E-state index in [1.807, 2.05) is 6.92 Å². The van der Waals surface area contributed by atoms with E-state index < -0.39 is 0 Å². The molecule has 0 bridgehead atoms. The minimum Gasteiger partial charge on any atom is -0.465 e. The highest BCUT2D eigenvalue weighted by molar-refractivity contribution is 6.04. The topological polar surface area (TPSA) is 60.4 Å². The van der Waals surface area contributed by atoms with E-state index in [9.17, 15) is 14.4 Å². The van der Waals surface area contributed by atoms with Crippen LogP contribution in [0.25, 0.3) is 0 Å². The number of hydrogen-bond donors (Lipinski definition) is 0. The number of allylic oxidation sites excluding steroid dienone is 1. The maximum atomic E-state index is 11.3. The summed E-state index contributed by atoms with van der Waals surface area (Å²) in [5, 5.41) is 0. The molecule has 1 unspecified atom stereocenters. The lowest BCUT2D eigenvalue weighted by Gasteiger charge is -1.97. The highest BCUT2D eigenvalue weighted by atomic mass is 16.5. The summed E-state index contributed by atoms with van der Waals surface area (Å²) in [6.45, 7) is 2.31. The molecule has 0 N–H and O–H groups in total. The molecular formula is C12H16O4. The van der Waals surface area contributed by atoms with Crippen LogP contribution in [0.2, 0.25) is 0 Å². The van der Waals surface area contributed by atoms with Crippen LogP contribution in [0.15, 0.2) is 12.2 Å². The molecule has 1 heterocycles. The fourth-order valence-electron chi connectivity index (χ4n) is 1.53. The van der Waals surface area contributed by atoms with Gasteiger partial charge in [-0.2, -0.15) is 0 Å². The van der Waals surface area contributed by atoms with Crippen LogP contribution in [0, 0.1) is 5.92 Å². The van der Waals surface area contributed by atoms with E-state index in [2.05, 4.69) is 0 Å². The summed E-state index contributed by atoms with van der Waals surface area (Å²) in [6, 6.07) is 0. The summed E-state index contributed by atoms with van der Waals surface area (Å²) >= 11 is 0. The van der Waals surface area contributed by atoms with Crippen LogP contribution in [0.4, 0.5) is 0 Å². The van der Waals surface area contributed by atoms with Gasteiger partial charge >= 0.3 is 5.97 Å². The molecule has 1 saturated heterocycles. The summed E-state index contributed by atoms with van der Waals surface area (Å²) in [5.41, 5.74) is 0. The molecule has 1 aliphatic heterocycles. The van der Waals surface area contributed by atoms with Gasteiger partial charge < -0.3 is 4.74 Å². The van der Waals surface area contributed by atoms with Crippen LogP contribution in [0.1, 0.15) is 32.6 Å². The Labute approximate surface area is 94.7 Å². The minimum atomic E-state index is -0.315. The minimum absolute atomic E-state index is 0.0499. The van der Waals surface area contributed by atoms with Gasteiger partial charge in [-0.1, -0.05) is 13.0 Å². The van der Waals surface area contributed by atoms with Gasteiger partial charge in [0.05, 0.1) is 18.9 Å². The molecule has 0 saturated carbocycles. The number of carbonyl (C=O) groups is 3. The second-order valence-corrected chi connectivity index (χ2v) is 3.85. The molecule has 1 aliphatic rings. The number of Topliss-reactive ketones (excluding diaryl/α,β-unsaturated/α-hetero) is 1. The first-order valence-corrected chi connectivity index (χ1v) is 5.53. The Kier molecular flexibility index (Phi) is 4.89. The van der Waals surface area contributed by atoms with Crippen LogP contribution >= 0.6 is 0 Å². The van der Waals surface area contributed by atoms with E-state index in [0.717, 1.165) is 6.42 Å². The molecule has 0 aromatic heterocycles. The van der Waals surface area contributed by atoms with Gasteiger partial charge in [0, 0.05) is 6.42 Å². The summed E-state index contributed by atoms with van der Waals surface area (Å²) in [4.78, 5) is 33.6. The van der Waals surface area contributed by atoms with Crippen molar-refractivity contribution in [3.05, 3.63) is 12.2 Å². The van der Waals surface area contributed by atoms with Crippen molar-refractivity contribution < 1.29 is 19.1 Å².